The Balaban J connectivity index is 1.60. The lowest BCUT2D eigenvalue weighted by Crippen LogP contribution is -2.26. The van der Waals surface area contributed by atoms with Crippen LogP contribution in [0, 0.1) is 12.7 Å². The summed E-state index contributed by atoms with van der Waals surface area (Å²) in [5, 5.41) is 9.77. The van der Waals surface area contributed by atoms with Crippen molar-refractivity contribution in [3.8, 4) is 11.4 Å². The van der Waals surface area contributed by atoms with Crippen LogP contribution in [-0.4, -0.2) is 24.1 Å². The van der Waals surface area contributed by atoms with Crippen molar-refractivity contribution >= 4 is 10.8 Å². The van der Waals surface area contributed by atoms with Gasteiger partial charge in [-0.3, -0.25) is 9.36 Å². The molecule has 2 heterocycles. The molecule has 0 fully saturated rings. The molecule has 0 aliphatic heterocycles. The van der Waals surface area contributed by atoms with Crippen molar-refractivity contribution < 1.29 is 9.13 Å². The first-order valence-corrected chi connectivity index (χ1v) is 12.9. The maximum atomic E-state index is 15.6. The molecule has 3 aromatic carbocycles. The van der Waals surface area contributed by atoms with E-state index in [1.54, 1.807) is 0 Å². The molecular formula is C30H30FN5O3. The lowest BCUT2D eigenvalue weighted by Gasteiger charge is -2.15. The number of nitrogens with zero attached hydrogens (tertiary/aromatic N) is 5. The summed E-state index contributed by atoms with van der Waals surface area (Å²) >= 11 is 0. The normalized spacial score (nSPS) is 11.5. The monoisotopic (exact) mass is 527 g/mol. The Hall–Kier alpha value is -4.37. The highest BCUT2D eigenvalue weighted by molar-refractivity contribution is 5.86. The average molecular weight is 528 g/mol. The van der Waals surface area contributed by atoms with Crippen LogP contribution in [0.25, 0.3) is 22.1 Å². The number of aromatic nitrogens is 5. The van der Waals surface area contributed by atoms with E-state index in [2.05, 4.69) is 10.2 Å². The molecule has 2 aromatic heterocycles. The van der Waals surface area contributed by atoms with Gasteiger partial charge >= 0.3 is 5.69 Å². The Morgan fingerprint density at radius 2 is 1.59 bits per heavy atom. The molecule has 8 nitrogen and oxygen atoms in total. The number of hydrogen-bond donors (Lipinski definition) is 0. The van der Waals surface area contributed by atoms with Crippen molar-refractivity contribution in [1.82, 2.24) is 24.1 Å². The van der Waals surface area contributed by atoms with Crippen LogP contribution in [0.15, 0.2) is 76.3 Å². The van der Waals surface area contributed by atoms with E-state index in [-0.39, 0.29) is 23.6 Å². The number of hydrogen-bond acceptors (Lipinski definition) is 5. The van der Waals surface area contributed by atoms with Crippen molar-refractivity contribution in [2.45, 2.75) is 53.4 Å². The van der Waals surface area contributed by atoms with E-state index in [1.807, 2.05) is 82.3 Å². The van der Waals surface area contributed by atoms with Gasteiger partial charge in [-0.15, -0.1) is 5.10 Å². The zero-order valence-corrected chi connectivity index (χ0v) is 22.4. The third-order valence-electron chi connectivity index (χ3n) is 6.71. The van der Waals surface area contributed by atoms with Crippen molar-refractivity contribution in [2.24, 2.45) is 0 Å². The van der Waals surface area contributed by atoms with Gasteiger partial charge in [-0.05, 0) is 49.1 Å². The highest BCUT2D eigenvalue weighted by Crippen LogP contribution is 2.26. The van der Waals surface area contributed by atoms with Gasteiger partial charge in [0.15, 0.2) is 5.82 Å². The average Bonchev–Trinajstić information content (AvgIpc) is 3.24. The molecule has 0 aliphatic carbocycles. The van der Waals surface area contributed by atoms with E-state index in [0.29, 0.717) is 35.7 Å². The van der Waals surface area contributed by atoms with E-state index >= 15 is 4.39 Å². The summed E-state index contributed by atoms with van der Waals surface area (Å²) in [6, 6.07) is 19.8. The number of halogens is 1. The van der Waals surface area contributed by atoms with Gasteiger partial charge in [0.1, 0.15) is 18.1 Å². The summed E-state index contributed by atoms with van der Waals surface area (Å²) in [6.45, 7) is 8.41. The second kappa shape index (κ2) is 10.8. The second-order valence-corrected chi connectivity index (χ2v) is 9.73. The van der Waals surface area contributed by atoms with Gasteiger partial charge in [-0.2, -0.15) is 14.5 Å². The largest absolute Gasteiger partial charge is 0.369 e. The molecule has 0 spiro atoms. The Morgan fingerprint density at radius 1 is 0.872 bits per heavy atom. The molecule has 0 amide bonds. The molecule has 9 heteroatoms. The van der Waals surface area contributed by atoms with Gasteiger partial charge in [0.05, 0.1) is 23.4 Å². The topological polar surface area (TPSA) is 83.9 Å². The van der Waals surface area contributed by atoms with Gasteiger partial charge < -0.3 is 4.74 Å². The molecule has 0 bridgehead atoms. The van der Waals surface area contributed by atoms with E-state index in [1.165, 1.54) is 21.4 Å². The van der Waals surface area contributed by atoms with E-state index in [0.717, 1.165) is 15.8 Å². The van der Waals surface area contributed by atoms with Crippen LogP contribution in [0.1, 0.15) is 49.3 Å². The van der Waals surface area contributed by atoms with Gasteiger partial charge in [-0.1, -0.05) is 62.4 Å². The number of para-hydroxylation sites is 1. The van der Waals surface area contributed by atoms with Crippen LogP contribution >= 0.6 is 0 Å². The molecule has 0 atom stereocenters. The van der Waals surface area contributed by atoms with Gasteiger partial charge in [0, 0.05) is 11.9 Å². The summed E-state index contributed by atoms with van der Waals surface area (Å²) < 4.78 is 25.2. The summed E-state index contributed by atoms with van der Waals surface area (Å²) in [4.78, 5) is 26.8. The van der Waals surface area contributed by atoms with Crippen LogP contribution in [0.5, 0.6) is 0 Å². The number of aryl methyl sites for hydroxylation is 1. The minimum Gasteiger partial charge on any atom is -0.369 e. The first-order valence-electron chi connectivity index (χ1n) is 12.9. The summed E-state index contributed by atoms with van der Waals surface area (Å²) in [5.41, 5.74) is 2.15. The van der Waals surface area contributed by atoms with Crippen LogP contribution in [-0.2, 0) is 24.5 Å². The van der Waals surface area contributed by atoms with E-state index in [9.17, 15) is 9.59 Å². The molecule has 0 radical (unpaired) electrons. The van der Waals surface area contributed by atoms with Crippen LogP contribution in [0.3, 0.4) is 0 Å². The Morgan fingerprint density at radius 3 is 2.28 bits per heavy atom. The van der Waals surface area contributed by atoms with Crippen LogP contribution < -0.4 is 11.2 Å². The highest BCUT2D eigenvalue weighted by atomic mass is 19.1. The predicted octanol–water partition coefficient (Wildman–Crippen LogP) is 5.04. The molecule has 0 saturated carbocycles. The van der Waals surface area contributed by atoms with Gasteiger partial charge in [-0.25, -0.2) is 9.18 Å². The number of rotatable bonds is 8. The molecule has 0 N–H and O–H groups in total. The fourth-order valence-electron chi connectivity index (χ4n) is 4.68. The van der Waals surface area contributed by atoms with Crippen molar-refractivity contribution in [3.63, 3.8) is 0 Å². The Labute approximate surface area is 224 Å². The summed E-state index contributed by atoms with van der Waals surface area (Å²) in [5.74, 6) is -0.417. The van der Waals surface area contributed by atoms with Crippen molar-refractivity contribution in [3.05, 3.63) is 116 Å². The Kier molecular flexibility index (Phi) is 7.26. The van der Waals surface area contributed by atoms with Crippen molar-refractivity contribution in [1.29, 1.82) is 0 Å². The lowest BCUT2D eigenvalue weighted by molar-refractivity contribution is 0.0989. The molecular weight excluding hydrogens is 497 g/mol. The maximum absolute atomic E-state index is 15.6. The lowest BCUT2D eigenvalue weighted by atomic mass is 10.0. The number of ether oxygens (including phenoxy) is 1. The van der Waals surface area contributed by atoms with Gasteiger partial charge in [0.2, 0.25) is 0 Å². The molecule has 5 rings (SSSR count). The third-order valence-corrected chi connectivity index (χ3v) is 6.71. The minimum absolute atomic E-state index is 0.0410. The minimum atomic E-state index is -0.726. The predicted molar refractivity (Wildman–Crippen MR) is 148 cm³/mol. The quantitative estimate of drug-likeness (QED) is 0.282. The first kappa shape index (κ1) is 26.2. The fraction of sp³-hybridized carbons (Fsp3) is 0.267. The molecule has 0 unspecified atom stereocenters. The second-order valence-electron chi connectivity index (χ2n) is 9.73. The summed E-state index contributed by atoms with van der Waals surface area (Å²) in [7, 11) is 0. The van der Waals surface area contributed by atoms with Crippen LogP contribution in [0.4, 0.5) is 4.39 Å². The number of benzene rings is 3. The zero-order chi connectivity index (χ0) is 27.7. The first-order chi connectivity index (χ1) is 18.8. The van der Waals surface area contributed by atoms with Crippen LogP contribution in [0.2, 0.25) is 0 Å². The van der Waals surface area contributed by atoms with Crippen molar-refractivity contribution in [2.75, 3.05) is 0 Å². The van der Waals surface area contributed by atoms with E-state index in [4.69, 9.17) is 4.74 Å². The highest BCUT2D eigenvalue weighted by Gasteiger charge is 2.21. The maximum Gasteiger partial charge on any atom is 0.350 e. The molecule has 0 aliphatic rings. The van der Waals surface area contributed by atoms with Gasteiger partial charge in [0.25, 0.3) is 5.56 Å². The fourth-order valence-corrected chi connectivity index (χ4v) is 4.68. The zero-order valence-electron chi connectivity index (χ0n) is 22.4. The molecule has 5 aromatic rings. The third kappa shape index (κ3) is 4.93. The standard InChI is InChI=1S/C30H30FN5O3/c1-5-34-27(18-39-17-21-12-7-6-8-13-21)32-36(30(34)38)26-16-22-23(15-24(26)31)29(37)35(33-28(22)19(2)3)25-14-10-9-11-20(25)4/h6-16,19H,5,17-18H2,1-4H3. The summed E-state index contributed by atoms with van der Waals surface area (Å²) in [6.07, 6.45) is 0. The SMILES string of the molecule is CCn1c(COCc2ccccc2)nn(-c2cc3c(C(C)C)nn(-c4ccccc4C)c(=O)c3cc2F)c1=O. The number of fused-ring (bicyclic) bond motifs is 1. The molecule has 200 valence electrons. The molecule has 39 heavy (non-hydrogen) atoms. The Bertz CT molecular complexity index is 1770. The smallest absolute Gasteiger partial charge is 0.350 e. The van der Waals surface area contributed by atoms with E-state index < -0.39 is 17.1 Å². The molecule has 0 saturated heterocycles.